The number of halogens is 5. The average Bonchev–Trinajstić information content (AvgIpc) is 1.93. The summed E-state index contributed by atoms with van der Waals surface area (Å²) in [6.07, 6.45) is 1.10. The lowest BCUT2D eigenvalue weighted by molar-refractivity contribution is -0.0328. The van der Waals surface area contributed by atoms with Crippen LogP contribution in [0.3, 0.4) is 0 Å². The van der Waals surface area contributed by atoms with Crippen LogP contribution < -0.4 is 0 Å². The van der Waals surface area contributed by atoms with Crippen molar-refractivity contribution in [3.63, 3.8) is 0 Å². The van der Waals surface area contributed by atoms with Gasteiger partial charge in [0.25, 0.3) is 0 Å². The predicted octanol–water partition coefficient (Wildman–Crippen LogP) is 3.61. The minimum absolute atomic E-state index is 0.0595. The molecule has 0 saturated heterocycles. The molecule has 0 aromatic carbocycles. The fourth-order valence-electron chi connectivity index (χ4n) is 0.523. The van der Waals surface area contributed by atoms with E-state index in [0.29, 0.717) is 0 Å². The first-order valence-electron chi connectivity index (χ1n) is 2.82. The van der Waals surface area contributed by atoms with Crippen LogP contribution in [-0.2, 0) is 0 Å². The minimum Gasteiger partial charge on any atom is -0.229 e. The number of hydrogen-bond donors (Lipinski definition) is 0. The molecule has 0 radical (unpaired) electrons. The number of nitrogens with zero attached hydrogens (tertiary/aromatic N) is 2. The van der Waals surface area contributed by atoms with Crippen LogP contribution in [0, 0.1) is 0 Å². The Hall–Kier alpha value is 0.180. The first-order chi connectivity index (χ1) is 5.88. The maximum atomic E-state index is 11.9. The molecule has 2 nitrogen and oxygen atoms in total. The number of aromatic nitrogens is 2. The van der Waals surface area contributed by atoms with Gasteiger partial charge in [-0.1, -0.05) is 0 Å². The lowest BCUT2D eigenvalue weighted by Crippen LogP contribution is -2.00. The Kier molecular flexibility index (Phi) is 3.58. The zero-order valence-electron chi connectivity index (χ0n) is 5.77. The Bertz CT molecular complexity index is 317. The van der Waals surface area contributed by atoms with Crippen LogP contribution >= 0.6 is 43.6 Å². The van der Waals surface area contributed by atoms with Crippen LogP contribution in [-0.4, -0.2) is 15.5 Å². The molecular weight excluding hydrogens is 337 g/mol. The second-order valence-electron chi connectivity index (χ2n) is 1.84. The number of thioether (sulfide) groups is 1. The molecule has 1 rings (SSSR count). The van der Waals surface area contributed by atoms with E-state index in [2.05, 4.69) is 41.8 Å². The van der Waals surface area contributed by atoms with E-state index in [-0.39, 0.29) is 26.0 Å². The lowest BCUT2D eigenvalue weighted by Gasteiger charge is -2.05. The molecule has 0 aliphatic heterocycles. The molecule has 0 atom stereocenters. The summed E-state index contributed by atoms with van der Waals surface area (Å²) in [6.45, 7) is 0. The summed E-state index contributed by atoms with van der Waals surface area (Å²) in [5.41, 5.74) is -4.32. The summed E-state index contributed by atoms with van der Waals surface area (Å²) >= 11 is 5.57. The van der Waals surface area contributed by atoms with E-state index in [9.17, 15) is 13.2 Å². The topological polar surface area (TPSA) is 25.8 Å². The van der Waals surface area contributed by atoms with Gasteiger partial charge in [-0.05, 0) is 43.6 Å². The Morgan fingerprint density at radius 1 is 1.31 bits per heavy atom. The summed E-state index contributed by atoms with van der Waals surface area (Å²) in [6, 6.07) is 0. The molecular formula is C5HBr2F3N2S. The average molecular weight is 338 g/mol. The van der Waals surface area contributed by atoms with Crippen molar-refractivity contribution in [1.82, 2.24) is 9.97 Å². The summed E-state index contributed by atoms with van der Waals surface area (Å²) < 4.78 is 36.1. The van der Waals surface area contributed by atoms with Gasteiger partial charge in [-0.2, -0.15) is 13.2 Å². The Morgan fingerprint density at radius 3 is 2.38 bits per heavy atom. The third-order valence-electron chi connectivity index (χ3n) is 0.908. The highest BCUT2D eigenvalue weighted by Crippen LogP contribution is 2.39. The van der Waals surface area contributed by atoms with Crippen molar-refractivity contribution in [3.8, 4) is 0 Å². The Labute approximate surface area is 92.6 Å². The maximum absolute atomic E-state index is 11.9. The molecule has 0 N–H and O–H groups in total. The van der Waals surface area contributed by atoms with Crippen molar-refractivity contribution in [2.24, 2.45) is 0 Å². The quantitative estimate of drug-likeness (QED) is 0.445. The molecule has 0 saturated carbocycles. The molecule has 0 aliphatic rings. The molecule has 0 bridgehead atoms. The van der Waals surface area contributed by atoms with Gasteiger partial charge in [0, 0.05) is 6.20 Å². The first kappa shape index (κ1) is 11.3. The van der Waals surface area contributed by atoms with Crippen LogP contribution in [0.25, 0.3) is 0 Å². The van der Waals surface area contributed by atoms with E-state index in [1.165, 1.54) is 0 Å². The van der Waals surface area contributed by atoms with Crippen molar-refractivity contribution < 1.29 is 13.2 Å². The van der Waals surface area contributed by atoms with Gasteiger partial charge in [-0.3, -0.25) is 0 Å². The monoisotopic (exact) mass is 336 g/mol. The van der Waals surface area contributed by atoms with E-state index in [0.717, 1.165) is 6.20 Å². The van der Waals surface area contributed by atoms with Crippen molar-refractivity contribution in [1.29, 1.82) is 0 Å². The highest BCUT2D eigenvalue weighted by molar-refractivity contribution is 9.11. The van der Waals surface area contributed by atoms with Gasteiger partial charge in [0.1, 0.15) is 4.60 Å². The molecule has 1 heterocycles. The standard InChI is InChI=1S/C5HBr2F3N2S/c6-3-2(13-5(8,9)10)1-11-4(7)12-3/h1H. The van der Waals surface area contributed by atoms with E-state index < -0.39 is 5.51 Å². The molecule has 13 heavy (non-hydrogen) atoms. The Balaban J connectivity index is 2.90. The fourth-order valence-corrected chi connectivity index (χ4v) is 2.04. The van der Waals surface area contributed by atoms with Gasteiger partial charge >= 0.3 is 5.51 Å². The second-order valence-corrected chi connectivity index (χ2v) is 4.41. The largest absolute Gasteiger partial charge is 0.446 e. The van der Waals surface area contributed by atoms with Crippen LogP contribution in [0.2, 0.25) is 0 Å². The van der Waals surface area contributed by atoms with Gasteiger partial charge < -0.3 is 0 Å². The van der Waals surface area contributed by atoms with Gasteiger partial charge in [0.2, 0.25) is 0 Å². The van der Waals surface area contributed by atoms with E-state index in [1.54, 1.807) is 0 Å². The van der Waals surface area contributed by atoms with Crippen LogP contribution in [0.15, 0.2) is 20.4 Å². The zero-order valence-corrected chi connectivity index (χ0v) is 9.76. The highest BCUT2D eigenvalue weighted by Gasteiger charge is 2.30. The van der Waals surface area contributed by atoms with E-state index >= 15 is 0 Å². The van der Waals surface area contributed by atoms with E-state index in [1.807, 2.05) is 0 Å². The van der Waals surface area contributed by atoms with Crippen molar-refractivity contribution in [2.45, 2.75) is 10.4 Å². The summed E-state index contributed by atoms with van der Waals surface area (Å²) in [5, 5.41) is 0. The van der Waals surface area contributed by atoms with Gasteiger partial charge in [0.05, 0.1) is 4.90 Å². The molecule has 1 aromatic rings. The molecule has 0 aliphatic carbocycles. The maximum Gasteiger partial charge on any atom is 0.446 e. The van der Waals surface area contributed by atoms with Crippen molar-refractivity contribution >= 4 is 43.6 Å². The van der Waals surface area contributed by atoms with Crippen LogP contribution in [0.1, 0.15) is 0 Å². The smallest absolute Gasteiger partial charge is 0.229 e. The summed E-state index contributed by atoms with van der Waals surface area (Å²) in [7, 11) is 0. The fraction of sp³-hybridized carbons (Fsp3) is 0.200. The molecule has 8 heteroatoms. The van der Waals surface area contributed by atoms with Crippen LogP contribution in [0.5, 0.6) is 0 Å². The zero-order chi connectivity index (χ0) is 10.1. The number of rotatable bonds is 1. The molecule has 0 spiro atoms. The van der Waals surface area contributed by atoms with Gasteiger partial charge in [-0.15, -0.1) is 0 Å². The molecule has 0 unspecified atom stereocenters. The van der Waals surface area contributed by atoms with Gasteiger partial charge in [-0.25, -0.2) is 9.97 Å². The molecule has 1 aromatic heterocycles. The summed E-state index contributed by atoms with van der Waals surface area (Å²) in [4.78, 5) is 7.18. The van der Waals surface area contributed by atoms with Crippen LogP contribution in [0.4, 0.5) is 13.2 Å². The van der Waals surface area contributed by atoms with E-state index in [4.69, 9.17) is 0 Å². The van der Waals surface area contributed by atoms with Crippen molar-refractivity contribution in [2.75, 3.05) is 0 Å². The minimum atomic E-state index is -4.32. The number of hydrogen-bond acceptors (Lipinski definition) is 3. The second kappa shape index (κ2) is 4.14. The lowest BCUT2D eigenvalue weighted by atomic mass is 10.7. The third-order valence-corrected chi connectivity index (χ3v) is 2.91. The summed E-state index contributed by atoms with van der Waals surface area (Å²) in [5.74, 6) is 0. The number of alkyl halides is 3. The first-order valence-corrected chi connectivity index (χ1v) is 5.22. The van der Waals surface area contributed by atoms with Crippen molar-refractivity contribution in [3.05, 3.63) is 15.5 Å². The third kappa shape index (κ3) is 3.82. The normalized spacial score (nSPS) is 11.8. The molecule has 0 fully saturated rings. The Morgan fingerprint density at radius 2 is 1.92 bits per heavy atom. The molecule has 72 valence electrons. The predicted molar refractivity (Wildman–Crippen MR) is 49.3 cm³/mol. The SMILES string of the molecule is FC(F)(F)Sc1cnc(Br)nc1Br. The highest BCUT2D eigenvalue weighted by atomic mass is 79.9. The molecule has 0 amide bonds. The van der Waals surface area contributed by atoms with Gasteiger partial charge in [0.15, 0.2) is 4.73 Å².